The highest BCUT2D eigenvalue weighted by Crippen LogP contribution is 2.26. The van der Waals surface area contributed by atoms with Gasteiger partial charge in [-0.2, -0.15) is 11.8 Å². The molecule has 1 amide bonds. The van der Waals surface area contributed by atoms with E-state index in [1.54, 1.807) is 30.4 Å². The number of H-pyrrole nitrogens is 1. The Morgan fingerprint density at radius 2 is 2.00 bits per heavy atom. The summed E-state index contributed by atoms with van der Waals surface area (Å²) in [5.74, 6) is -0.774. The van der Waals surface area contributed by atoms with Gasteiger partial charge >= 0.3 is 5.97 Å². The van der Waals surface area contributed by atoms with Crippen molar-refractivity contribution in [2.75, 3.05) is 12.0 Å². The van der Waals surface area contributed by atoms with Gasteiger partial charge in [-0.1, -0.05) is 42.5 Å². The van der Waals surface area contributed by atoms with Crippen molar-refractivity contribution in [1.82, 2.24) is 15.3 Å². The van der Waals surface area contributed by atoms with Crippen molar-refractivity contribution in [3.05, 3.63) is 77.9 Å². The van der Waals surface area contributed by atoms with E-state index in [9.17, 15) is 14.7 Å². The molecule has 0 bridgehead atoms. The number of hydrogen-bond donors (Lipinski definition) is 3. The number of aromatic nitrogens is 2. The van der Waals surface area contributed by atoms with E-state index >= 15 is 0 Å². The topological polar surface area (TPSA) is 95.1 Å². The normalized spacial score (nSPS) is 12.0. The molecule has 1 aromatic heterocycles. The zero-order valence-corrected chi connectivity index (χ0v) is 17.4. The molecular formula is C23H23N3O3S. The van der Waals surface area contributed by atoms with Gasteiger partial charge in [-0.05, 0) is 53.3 Å². The van der Waals surface area contributed by atoms with Crippen LogP contribution in [0.5, 0.6) is 0 Å². The third kappa shape index (κ3) is 5.61. The summed E-state index contributed by atoms with van der Waals surface area (Å²) in [5, 5.41) is 12.1. The van der Waals surface area contributed by atoms with Crippen LogP contribution >= 0.6 is 11.8 Å². The predicted octanol–water partition coefficient (Wildman–Crippen LogP) is 4.18. The summed E-state index contributed by atoms with van der Waals surface area (Å²) in [7, 11) is 0. The molecule has 0 unspecified atom stereocenters. The lowest BCUT2D eigenvalue weighted by Gasteiger charge is -2.16. The Kier molecular flexibility index (Phi) is 7.45. The minimum absolute atomic E-state index is 0.369. The van der Waals surface area contributed by atoms with E-state index in [0.29, 0.717) is 17.7 Å². The molecule has 0 saturated carbocycles. The molecule has 1 heterocycles. The Bertz CT molecular complexity index is 1020. The lowest BCUT2D eigenvalue weighted by molar-refractivity contribution is -0.139. The molecular weight excluding hydrogens is 398 g/mol. The number of nitrogens with zero attached hydrogens (tertiary/aromatic N) is 1. The SMILES string of the molecule is CSCC[C@H](NC(=O)c1ccc(/C=C/c2cnc[nH]2)cc1-c1ccccc1)C(=O)O. The molecule has 0 saturated heterocycles. The van der Waals surface area contributed by atoms with E-state index < -0.39 is 17.9 Å². The average molecular weight is 422 g/mol. The van der Waals surface area contributed by atoms with Gasteiger partial charge < -0.3 is 15.4 Å². The first-order valence-electron chi connectivity index (χ1n) is 9.47. The Hall–Kier alpha value is -3.32. The van der Waals surface area contributed by atoms with Crippen LogP contribution in [0.2, 0.25) is 0 Å². The van der Waals surface area contributed by atoms with Crippen LogP contribution < -0.4 is 5.32 Å². The maximum absolute atomic E-state index is 13.0. The summed E-state index contributed by atoms with van der Waals surface area (Å²) in [5.41, 5.74) is 3.85. The van der Waals surface area contributed by atoms with Gasteiger partial charge in [0, 0.05) is 5.56 Å². The van der Waals surface area contributed by atoms with Crippen molar-refractivity contribution in [3.63, 3.8) is 0 Å². The fourth-order valence-electron chi connectivity index (χ4n) is 2.99. The molecule has 0 aliphatic rings. The van der Waals surface area contributed by atoms with Gasteiger partial charge in [0.2, 0.25) is 0 Å². The number of benzene rings is 2. The number of carboxylic acids is 1. The van der Waals surface area contributed by atoms with E-state index in [0.717, 1.165) is 22.4 Å². The third-order valence-corrected chi connectivity index (χ3v) is 5.21. The third-order valence-electron chi connectivity index (χ3n) is 4.56. The van der Waals surface area contributed by atoms with Gasteiger partial charge in [-0.15, -0.1) is 0 Å². The van der Waals surface area contributed by atoms with E-state index in [-0.39, 0.29) is 0 Å². The van der Waals surface area contributed by atoms with Crippen LogP contribution in [0.25, 0.3) is 23.3 Å². The van der Waals surface area contributed by atoms with Crippen LogP contribution in [0, 0.1) is 0 Å². The Morgan fingerprint density at radius 3 is 2.67 bits per heavy atom. The number of aliphatic carboxylic acids is 1. The van der Waals surface area contributed by atoms with Gasteiger partial charge in [0.15, 0.2) is 0 Å². The Morgan fingerprint density at radius 1 is 1.20 bits per heavy atom. The predicted molar refractivity (Wildman–Crippen MR) is 121 cm³/mol. The molecule has 0 fully saturated rings. The van der Waals surface area contributed by atoms with E-state index in [2.05, 4.69) is 15.3 Å². The van der Waals surface area contributed by atoms with Crippen LogP contribution in [0.15, 0.2) is 61.1 Å². The van der Waals surface area contributed by atoms with Crippen molar-refractivity contribution < 1.29 is 14.7 Å². The van der Waals surface area contributed by atoms with E-state index in [1.807, 2.05) is 60.9 Å². The largest absolute Gasteiger partial charge is 0.480 e. The van der Waals surface area contributed by atoms with Crippen molar-refractivity contribution in [2.24, 2.45) is 0 Å². The van der Waals surface area contributed by atoms with E-state index in [4.69, 9.17) is 0 Å². The summed E-state index contributed by atoms with van der Waals surface area (Å²) in [4.78, 5) is 31.5. The second-order valence-corrected chi connectivity index (χ2v) is 7.64. The maximum Gasteiger partial charge on any atom is 0.326 e. The average Bonchev–Trinajstić information content (AvgIpc) is 3.29. The monoisotopic (exact) mass is 421 g/mol. The first-order chi connectivity index (χ1) is 14.6. The number of amides is 1. The number of carbonyl (C=O) groups excluding carboxylic acids is 1. The number of hydrogen-bond acceptors (Lipinski definition) is 4. The standard InChI is InChI=1S/C23H23N3O3S/c1-30-12-11-21(23(28)29)26-22(27)19-10-8-16(7-9-18-14-24-15-25-18)13-20(19)17-5-3-2-4-6-17/h2-10,13-15,21H,11-12H2,1H3,(H,24,25)(H,26,27)(H,28,29)/b9-7+/t21-/m0/s1. The highest BCUT2D eigenvalue weighted by atomic mass is 32.2. The second-order valence-electron chi connectivity index (χ2n) is 6.66. The number of rotatable bonds is 9. The fraction of sp³-hybridized carbons (Fsp3) is 0.174. The maximum atomic E-state index is 13.0. The van der Waals surface area contributed by atoms with Crippen molar-refractivity contribution in [1.29, 1.82) is 0 Å². The van der Waals surface area contributed by atoms with Gasteiger partial charge in [-0.3, -0.25) is 4.79 Å². The fourth-order valence-corrected chi connectivity index (χ4v) is 3.46. The number of imidazole rings is 1. The molecule has 0 spiro atoms. The highest BCUT2D eigenvalue weighted by Gasteiger charge is 2.22. The van der Waals surface area contributed by atoms with Crippen LogP contribution in [0.3, 0.4) is 0 Å². The molecule has 0 aliphatic heterocycles. The van der Waals surface area contributed by atoms with E-state index in [1.165, 1.54) is 0 Å². The number of thioether (sulfide) groups is 1. The van der Waals surface area contributed by atoms with Crippen molar-refractivity contribution in [3.8, 4) is 11.1 Å². The minimum atomic E-state index is -1.03. The summed E-state index contributed by atoms with van der Waals surface area (Å²) < 4.78 is 0. The molecule has 0 aliphatic carbocycles. The molecule has 30 heavy (non-hydrogen) atoms. The molecule has 3 aromatic rings. The molecule has 1 atom stereocenters. The quantitative estimate of drug-likeness (QED) is 0.482. The van der Waals surface area contributed by atoms with Crippen molar-refractivity contribution >= 4 is 35.8 Å². The molecule has 6 nitrogen and oxygen atoms in total. The van der Waals surface area contributed by atoms with Gasteiger partial charge in [0.1, 0.15) is 6.04 Å². The Balaban J connectivity index is 1.92. The Labute approximate surface area is 179 Å². The zero-order chi connectivity index (χ0) is 21.3. The van der Waals surface area contributed by atoms with Crippen LogP contribution in [-0.4, -0.2) is 45.0 Å². The number of carbonyl (C=O) groups is 2. The molecule has 154 valence electrons. The van der Waals surface area contributed by atoms with Crippen LogP contribution in [0.4, 0.5) is 0 Å². The smallest absolute Gasteiger partial charge is 0.326 e. The molecule has 3 N–H and O–H groups in total. The molecule has 0 radical (unpaired) electrons. The summed E-state index contributed by atoms with van der Waals surface area (Å²) >= 11 is 1.55. The van der Waals surface area contributed by atoms with Crippen LogP contribution in [0.1, 0.15) is 28.0 Å². The van der Waals surface area contributed by atoms with Gasteiger partial charge in [0.25, 0.3) is 5.91 Å². The number of aromatic amines is 1. The van der Waals surface area contributed by atoms with Gasteiger partial charge in [0.05, 0.1) is 18.2 Å². The second kappa shape index (κ2) is 10.5. The van der Waals surface area contributed by atoms with Crippen molar-refractivity contribution in [2.45, 2.75) is 12.5 Å². The highest BCUT2D eigenvalue weighted by molar-refractivity contribution is 7.98. The first kappa shape index (κ1) is 21.4. The summed E-state index contributed by atoms with van der Waals surface area (Å²) in [6.07, 6.45) is 9.44. The van der Waals surface area contributed by atoms with Gasteiger partial charge in [-0.25, -0.2) is 9.78 Å². The number of carboxylic acid groups (broad SMARTS) is 1. The summed E-state index contributed by atoms with van der Waals surface area (Å²) in [6, 6.07) is 14.2. The zero-order valence-electron chi connectivity index (χ0n) is 16.5. The number of nitrogens with one attached hydrogen (secondary N) is 2. The first-order valence-corrected chi connectivity index (χ1v) is 10.9. The van der Waals surface area contributed by atoms with Crippen LogP contribution in [-0.2, 0) is 4.79 Å². The lowest BCUT2D eigenvalue weighted by Crippen LogP contribution is -2.41. The molecule has 3 rings (SSSR count). The minimum Gasteiger partial charge on any atom is -0.480 e. The molecule has 7 heteroatoms. The molecule has 2 aromatic carbocycles. The summed E-state index contributed by atoms with van der Waals surface area (Å²) in [6.45, 7) is 0. The lowest BCUT2D eigenvalue weighted by atomic mass is 9.96.